The zero-order valence-corrected chi connectivity index (χ0v) is 15.9. The van der Waals surface area contributed by atoms with Crippen LogP contribution in [-0.2, 0) is 4.79 Å². The molecule has 140 valence electrons. The molecule has 0 fully saturated rings. The molecule has 0 spiro atoms. The van der Waals surface area contributed by atoms with Gasteiger partial charge in [0, 0.05) is 30.6 Å². The molecule has 0 unspecified atom stereocenters. The van der Waals surface area contributed by atoms with Gasteiger partial charge in [-0.25, -0.2) is 0 Å². The van der Waals surface area contributed by atoms with Crippen LogP contribution in [-0.4, -0.2) is 24.8 Å². The normalized spacial score (nSPS) is 9.96. The number of carbonyl (C=O) groups is 2. The van der Waals surface area contributed by atoms with Crippen molar-refractivity contribution in [3.63, 3.8) is 0 Å². The Balaban J connectivity index is 0.00000338. The molecular weight excluding hydrogens is 352 g/mol. The van der Waals surface area contributed by atoms with Crippen molar-refractivity contribution in [2.45, 2.75) is 26.7 Å². The molecule has 2 aromatic rings. The van der Waals surface area contributed by atoms with Crippen LogP contribution >= 0.6 is 12.4 Å². The first kappa shape index (κ1) is 21.7. The fourth-order valence-corrected chi connectivity index (χ4v) is 2.43. The number of benzene rings is 2. The van der Waals surface area contributed by atoms with E-state index in [-0.39, 0.29) is 36.9 Å². The number of rotatable bonds is 8. The minimum atomic E-state index is -0.186. The summed E-state index contributed by atoms with van der Waals surface area (Å²) in [4.78, 5) is 24.4. The van der Waals surface area contributed by atoms with E-state index in [1.807, 2.05) is 32.0 Å². The molecule has 26 heavy (non-hydrogen) atoms. The monoisotopic (exact) mass is 376 g/mol. The first-order valence-electron chi connectivity index (χ1n) is 8.33. The van der Waals surface area contributed by atoms with E-state index in [9.17, 15) is 9.59 Å². The summed E-state index contributed by atoms with van der Waals surface area (Å²) < 4.78 is 5.38. The van der Waals surface area contributed by atoms with E-state index in [4.69, 9.17) is 10.5 Å². The average molecular weight is 377 g/mol. The Bertz CT molecular complexity index is 745. The van der Waals surface area contributed by atoms with Gasteiger partial charge in [-0.05, 0) is 49.7 Å². The number of ketones is 1. The number of anilines is 1. The van der Waals surface area contributed by atoms with Gasteiger partial charge in [0.15, 0.2) is 5.78 Å². The summed E-state index contributed by atoms with van der Waals surface area (Å²) in [6, 6.07) is 12.8. The molecule has 3 N–H and O–H groups in total. The molecule has 0 bridgehead atoms. The van der Waals surface area contributed by atoms with Crippen molar-refractivity contribution in [1.82, 2.24) is 0 Å². The van der Waals surface area contributed by atoms with Crippen molar-refractivity contribution < 1.29 is 14.3 Å². The number of nitrogens with one attached hydrogen (secondary N) is 1. The van der Waals surface area contributed by atoms with Gasteiger partial charge in [0.1, 0.15) is 12.4 Å². The smallest absolute Gasteiger partial charge is 0.224 e. The predicted octanol–water partition coefficient (Wildman–Crippen LogP) is 3.66. The lowest BCUT2D eigenvalue weighted by Crippen LogP contribution is -2.14. The Morgan fingerprint density at radius 3 is 2.38 bits per heavy atom. The van der Waals surface area contributed by atoms with Gasteiger partial charge in [0.2, 0.25) is 5.91 Å². The molecular formula is C20H25ClN2O3. The van der Waals surface area contributed by atoms with Crippen molar-refractivity contribution in [2.24, 2.45) is 5.73 Å². The van der Waals surface area contributed by atoms with Crippen molar-refractivity contribution in [3.8, 4) is 5.75 Å². The van der Waals surface area contributed by atoms with Gasteiger partial charge in [0.05, 0.1) is 0 Å². The Kier molecular flexibility index (Phi) is 8.82. The number of amides is 1. The quantitative estimate of drug-likeness (QED) is 0.689. The molecule has 2 rings (SSSR count). The van der Waals surface area contributed by atoms with E-state index in [0.717, 1.165) is 11.1 Å². The van der Waals surface area contributed by atoms with Crippen LogP contribution in [0.4, 0.5) is 5.69 Å². The minimum Gasteiger partial charge on any atom is -0.492 e. The van der Waals surface area contributed by atoms with Gasteiger partial charge in [-0.15, -0.1) is 12.4 Å². The highest BCUT2D eigenvalue weighted by Crippen LogP contribution is 2.17. The molecule has 0 atom stereocenters. The number of ether oxygens (including phenoxy) is 1. The number of hydrogen-bond acceptors (Lipinski definition) is 4. The summed E-state index contributed by atoms with van der Waals surface area (Å²) >= 11 is 0. The Labute approximate surface area is 160 Å². The number of Topliss-reactive ketones (excluding diaryl/α,β-unsaturated/α-hetero) is 1. The standard InChI is InChI=1S/C20H24N2O3.ClH/c1-14-3-4-15(2)18(13-14)19(23)9-10-20(24)22-16-5-7-17(8-6-16)25-12-11-21;/h3-8,13H,9-12,21H2,1-2H3,(H,22,24);1H. The Hall–Kier alpha value is -2.37. The molecule has 0 aromatic heterocycles. The van der Waals surface area contributed by atoms with Gasteiger partial charge < -0.3 is 15.8 Å². The molecule has 0 saturated carbocycles. The lowest BCUT2D eigenvalue weighted by Gasteiger charge is -2.08. The van der Waals surface area contributed by atoms with Gasteiger partial charge >= 0.3 is 0 Å². The number of aryl methyl sites for hydroxylation is 2. The van der Waals surface area contributed by atoms with Crippen LogP contribution in [0.3, 0.4) is 0 Å². The molecule has 5 nitrogen and oxygen atoms in total. The zero-order chi connectivity index (χ0) is 18.2. The van der Waals surface area contributed by atoms with Crippen LogP contribution in [0.2, 0.25) is 0 Å². The van der Waals surface area contributed by atoms with Crippen molar-refractivity contribution in [2.75, 3.05) is 18.5 Å². The van der Waals surface area contributed by atoms with Gasteiger partial charge in [-0.3, -0.25) is 9.59 Å². The van der Waals surface area contributed by atoms with Crippen molar-refractivity contribution in [3.05, 3.63) is 59.2 Å². The second-order valence-electron chi connectivity index (χ2n) is 5.95. The van der Waals surface area contributed by atoms with E-state index in [2.05, 4.69) is 5.32 Å². The van der Waals surface area contributed by atoms with Crippen LogP contribution in [0.5, 0.6) is 5.75 Å². The molecule has 1 amide bonds. The third-order valence-corrected chi connectivity index (χ3v) is 3.80. The van der Waals surface area contributed by atoms with Gasteiger partial charge in [-0.1, -0.05) is 17.7 Å². The van der Waals surface area contributed by atoms with Gasteiger partial charge in [-0.2, -0.15) is 0 Å². The molecule has 0 heterocycles. The molecule has 6 heteroatoms. The molecule has 0 radical (unpaired) electrons. The van der Waals surface area contributed by atoms with Crippen molar-refractivity contribution >= 4 is 29.8 Å². The van der Waals surface area contributed by atoms with E-state index >= 15 is 0 Å². The average Bonchev–Trinajstić information content (AvgIpc) is 2.61. The second-order valence-corrected chi connectivity index (χ2v) is 5.95. The molecule has 0 aliphatic carbocycles. The SMILES string of the molecule is Cc1ccc(C)c(C(=O)CCC(=O)Nc2ccc(OCCN)cc2)c1.Cl. The number of nitrogens with two attached hydrogens (primary N) is 1. The highest BCUT2D eigenvalue weighted by molar-refractivity contribution is 6.01. The first-order valence-corrected chi connectivity index (χ1v) is 8.33. The van der Waals surface area contributed by atoms with Crippen LogP contribution < -0.4 is 15.8 Å². The van der Waals surface area contributed by atoms with Crippen LogP contribution in [0.25, 0.3) is 0 Å². The Morgan fingerprint density at radius 2 is 1.73 bits per heavy atom. The number of halogens is 1. The Morgan fingerprint density at radius 1 is 1.04 bits per heavy atom. The largest absolute Gasteiger partial charge is 0.492 e. The first-order chi connectivity index (χ1) is 12.0. The minimum absolute atomic E-state index is 0. The van der Waals surface area contributed by atoms with Crippen LogP contribution in [0, 0.1) is 13.8 Å². The molecule has 2 aromatic carbocycles. The van der Waals surface area contributed by atoms with E-state index in [0.29, 0.717) is 30.2 Å². The predicted molar refractivity (Wildman–Crippen MR) is 106 cm³/mol. The van der Waals surface area contributed by atoms with E-state index in [1.54, 1.807) is 24.3 Å². The zero-order valence-electron chi connectivity index (χ0n) is 15.1. The van der Waals surface area contributed by atoms with E-state index in [1.165, 1.54) is 0 Å². The highest BCUT2D eigenvalue weighted by atomic mass is 35.5. The maximum atomic E-state index is 12.3. The molecule has 0 saturated heterocycles. The highest BCUT2D eigenvalue weighted by Gasteiger charge is 2.12. The fourth-order valence-electron chi connectivity index (χ4n) is 2.43. The fraction of sp³-hybridized carbons (Fsp3) is 0.300. The summed E-state index contributed by atoms with van der Waals surface area (Å²) in [5.74, 6) is 0.504. The summed E-state index contributed by atoms with van der Waals surface area (Å²) in [5.41, 5.74) is 8.71. The van der Waals surface area contributed by atoms with Gasteiger partial charge in [0.25, 0.3) is 0 Å². The maximum Gasteiger partial charge on any atom is 0.224 e. The third-order valence-electron chi connectivity index (χ3n) is 3.80. The molecule has 0 aliphatic rings. The number of carbonyl (C=O) groups excluding carboxylic acids is 2. The summed E-state index contributed by atoms with van der Waals surface area (Å²) in [5, 5.41) is 2.79. The summed E-state index contributed by atoms with van der Waals surface area (Å²) in [7, 11) is 0. The van der Waals surface area contributed by atoms with Crippen molar-refractivity contribution in [1.29, 1.82) is 0 Å². The third kappa shape index (κ3) is 6.50. The topological polar surface area (TPSA) is 81.4 Å². The number of hydrogen-bond donors (Lipinski definition) is 2. The summed E-state index contributed by atoms with van der Waals surface area (Å²) in [6.45, 7) is 4.75. The summed E-state index contributed by atoms with van der Waals surface area (Å²) in [6.07, 6.45) is 0.339. The van der Waals surface area contributed by atoms with Crippen LogP contribution in [0.1, 0.15) is 34.3 Å². The second kappa shape index (κ2) is 10.6. The van der Waals surface area contributed by atoms with Crippen LogP contribution in [0.15, 0.2) is 42.5 Å². The lowest BCUT2D eigenvalue weighted by atomic mass is 9.99. The molecule has 0 aliphatic heterocycles. The lowest BCUT2D eigenvalue weighted by molar-refractivity contribution is -0.116. The van der Waals surface area contributed by atoms with E-state index < -0.39 is 0 Å². The maximum absolute atomic E-state index is 12.3.